The van der Waals surface area contributed by atoms with Crippen LogP contribution in [-0.2, 0) is 0 Å². The number of fused-ring (bicyclic) bond motifs is 1. The number of carbonyl (C=O) groups excluding carboxylic acids is 1. The first-order chi connectivity index (χ1) is 13.9. The Morgan fingerprint density at radius 1 is 1.03 bits per heavy atom. The molecule has 3 aromatic carbocycles. The monoisotopic (exact) mass is 387 g/mol. The molecule has 0 spiro atoms. The molecular weight excluding hydrogens is 370 g/mol. The molecule has 0 aliphatic carbocycles. The summed E-state index contributed by atoms with van der Waals surface area (Å²) in [5.74, 6) is 0.169. The molecule has 0 unspecified atom stereocenters. The van der Waals surface area contributed by atoms with Gasteiger partial charge in [-0.25, -0.2) is 4.98 Å². The van der Waals surface area contributed by atoms with Crippen LogP contribution in [0.2, 0.25) is 0 Å². The molecule has 4 rings (SSSR count). The molecule has 1 amide bonds. The van der Waals surface area contributed by atoms with Crippen molar-refractivity contribution < 1.29 is 14.1 Å². The van der Waals surface area contributed by atoms with Gasteiger partial charge in [0.2, 0.25) is 5.89 Å². The van der Waals surface area contributed by atoms with Crippen molar-refractivity contribution in [2.24, 2.45) is 0 Å². The summed E-state index contributed by atoms with van der Waals surface area (Å²) in [6, 6.07) is 17.2. The SMILES string of the molecule is Cc1ccc2oc(-c3ccc(NC(=O)c4ccc([N+](=O)[O-])c(C)c4)cc3)nc2c1. The van der Waals surface area contributed by atoms with Crippen LogP contribution in [0.15, 0.2) is 65.1 Å². The van der Waals surface area contributed by atoms with Gasteiger partial charge >= 0.3 is 0 Å². The number of aryl methyl sites for hydroxylation is 2. The molecule has 1 aromatic heterocycles. The van der Waals surface area contributed by atoms with Crippen LogP contribution in [0.4, 0.5) is 11.4 Å². The molecule has 1 N–H and O–H groups in total. The van der Waals surface area contributed by atoms with Gasteiger partial charge in [0.15, 0.2) is 5.58 Å². The summed E-state index contributed by atoms with van der Waals surface area (Å²) in [7, 11) is 0. The van der Waals surface area contributed by atoms with Crippen molar-refractivity contribution in [3.63, 3.8) is 0 Å². The lowest BCUT2D eigenvalue weighted by Gasteiger charge is -2.07. The zero-order valence-corrected chi connectivity index (χ0v) is 15.8. The molecule has 0 saturated carbocycles. The van der Waals surface area contributed by atoms with Gasteiger partial charge in [0.1, 0.15) is 5.52 Å². The first-order valence-electron chi connectivity index (χ1n) is 8.95. The highest BCUT2D eigenvalue weighted by Gasteiger charge is 2.14. The van der Waals surface area contributed by atoms with E-state index in [4.69, 9.17) is 4.42 Å². The van der Waals surface area contributed by atoms with E-state index in [9.17, 15) is 14.9 Å². The fourth-order valence-corrected chi connectivity index (χ4v) is 3.06. The van der Waals surface area contributed by atoms with Crippen LogP contribution in [0.1, 0.15) is 21.5 Å². The first kappa shape index (κ1) is 18.4. The summed E-state index contributed by atoms with van der Waals surface area (Å²) >= 11 is 0. The Labute approximate surface area is 166 Å². The number of oxazole rings is 1. The van der Waals surface area contributed by atoms with E-state index in [0.717, 1.165) is 22.2 Å². The Bertz CT molecular complexity index is 1240. The maximum Gasteiger partial charge on any atom is 0.272 e. The number of carbonyl (C=O) groups is 1. The van der Waals surface area contributed by atoms with Crippen molar-refractivity contribution in [3.8, 4) is 11.5 Å². The second-order valence-corrected chi connectivity index (χ2v) is 6.78. The van der Waals surface area contributed by atoms with E-state index < -0.39 is 4.92 Å². The molecular formula is C22H17N3O4. The maximum atomic E-state index is 12.4. The molecule has 0 fully saturated rings. The first-order valence-corrected chi connectivity index (χ1v) is 8.95. The van der Waals surface area contributed by atoms with E-state index in [1.807, 2.05) is 37.3 Å². The van der Waals surface area contributed by atoms with Crippen molar-refractivity contribution in [1.82, 2.24) is 4.98 Å². The number of nitrogens with zero attached hydrogens (tertiary/aromatic N) is 2. The number of benzene rings is 3. The molecule has 4 aromatic rings. The number of anilines is 1. The summed E-state index contributed by atoms with van der Waals surface area (Å²) < 4.78 is 5.79. The van der Waals surface area contributed by atoms with Crippen molar-refractivity contribution in [3.05, 3.63) is 87.5 Å². The Hall–Kier alpha value is -4.00. The normalized spacial score (nSPS) is 10.8. The highest BCUT2D eigenvalue weighted by atomic mass is 16.6. The number of nitro groups is 1. The molecule has 7 nitrogen and oxygen atoms in total. The minimum atomic E-state index is -0.469. The smallest absolute Gasteiger partial charge is 0.272 e. The number of hydrogen-bond acceptors (Lipinski definition) is 5. The predicted molar refractivity (Wildman–Crippen MR) is 110 cm³/mol. The lowest BCUT2D eigenvalue weighted by atomic mass is 10.1. The van der Waals surface area contributed by atoms with E-state index in [-0.39, 0.29) is 11.6 Å². The van der Waals surface area contributed by atoms with Crippen LogP contribution in [0.3, 0.4) is 0 Å². The van der Waals surface area contributed by atoms with E-state index in [0.29, 0.717) is 22.7 Å². The van der Waals surface area contributed by atoms with Crippen LogP contribution < -0.4 is 5.32 Å². The predicted octanol–water partition coefficient (Wildman–Crippen LogP) is 5.27. The summed E-state index contributed by atoms with van der Waals surface area (Å²) in [6.45, 7) is 3.60. The largest absolute Gasteiger partial charge is 0.436 e. The Balaban J connectivity index is 1.52. The van der Waals surface area contributed by atoms with Gasteiger partial charge in [-0.15, -0.1) is 0 Å². The molecule has 29 heavy (non-hydrogen) atoms. The maximum absolute atomic E-state index is 12.4. The fourth-order valence-electron chi connectivity index (χ4n) is 3.06. The molecule has 144 valence electrons. The third kappa shape index (κ3) is 3.70. The van der Waals surface area contributed by atoms with E-state index in [1.165, 1.54) is 18.2 Å². The summed E-state index contributed by atoms with van der Waals surface area (Å²) in [4.78, 5) is 27.4. The van der Waals surface area contributed by atoms with Gasteiger partial charge < -0.3 is 9.73 Å². The molecule has 0 bridgehead atoms. The minimum Gasteiger partial charge on any atom is -0.436 e. The Morgan fingerprint density at radius 2 is 1.79 bits per heavy atom. The number of nitro benzene ring substituents is 1. The number of amides is 1. The molecule has 0 saturated heterocycles. The van der Waals surface area contributed by atoms with Crippen LogP contribution in [-0.4, -0.2) is 15.8 Å². The van der Waals surface area contributed by atoms with Gasteiger partial charge in [0.25, 0.3) is 11.6 Å². The van der Waals surface area contributed by atoms with Gasteiger partial charge in [-0.05, 0) is 67.9 Å². The minimum absolute atomic E-state index is 0.0144. The molecule has 0 aliphatic rings. The van der Waals surface area contributed by atoms with Crippen LogP contribution in [0.25, 0.3) is 22.6 Å². The number of aromatic nitrogens is 1. The number of hydrogen-bond donors (Lipinski definition) is 1. The van der Waals surface area contributed by atoms with E-state index >= 15 is 0 Å². The molecule has 0 aliphatic heterocycles. The molecule has 0 radical (unpaired) electrons. The van der Waals surface area contributed by atoms with Crippen LogP contribution in [0, 0.1) is 24.0 Å². The lowest BCUT2D eigenvalue weighted by Crippen LogP contribution is -2.12. The van der Waals surface area contributed by atoms with Gasteiger partial charge in [-0.3, -0.25) is 14.9 Å². The summed E-state index contributed by atoms with van der Waals surface area (Å²) in [5.41, 5.74) is 4.79. The highest BCUT2D eigenvalue weighted by Crippen LogP contribution is 2.26. The number of nitrogens with one attached hydrogen (secondary N) is 1. The summed E-state index contributed by atoms with van der Waals surface area (Å²) in [5, 5.41) is 13.7. The Morgan fingerprint density at radius 3 is 2.48 bits per heavy atom. The van der Waals surface area contributed by atoms with E-state index in [1.54, 1.807) is 19.1 Å². The van der Waals surface area contributed by atoms with Crippen molar-refractivity contribution in [1.29, 1.82) is 0 Å². The van der Waals surface area contributed by atoms with Crippen molar-refractivity contribution in [2.75, 3.05) is 5.32 Å². The second-order valence-electron chi connectivity index (χ2n) is 6.78. The van der Waals surface area contributed by atoms with Crippen LogP contribution in [0.5, 0.6) is 0 Å². The second kappa shape index (κ2) is 7.20. The van der Waals surface area contributed by atoms with Gasteiger partial charge in [0.05, 0.1) is 4.92 Å². The van der Waals surface area contributed by atoms with Crippen molar-refractivity contribution in [2.45, 2.75) is 13.8 Å². The molecule has 0 atom stereocenters. The zero-order chi connectivity index (χ0) is 20.5. The third-order valence-electron chi connectivity index (χ3n) is 4.59. The number of rotatable bonds is 4. The topological polar surface area (TPSA) is 98.3 Å². The average molecular weight is 387 g/mol. The van der Waals surface area contributed by atoms with Crippen molar-refractivity contribution >= 4 is 28.4 Å². The fraction of sp³-hybridized carbons (Fsp3) is 0.0909. The quantitative estimate of drug-likeness (QED) is 0.380. The molecule has 1 heterocycles. The third-order valence-corrected chi connectivity index (χ3v) is 4.59. The van der Waals surface area contributed by atoms with E-state index in [2.05, 4.69) is 10.3 Å². The summed E-state index contributed by atoms with van der Waals surface area (Å²) in [6.07, 6.45) is 0. The van der Waals surface area contributed by atoms with Gasteiger partial charge in [-0.2, -0.15) is 0 Å². The van der Waals surface area contributed by atoms with Gasteiger partial charge in [-0.1, -0.05) is 6.07 Å². The Kier molecular flexibility index (Phi) is 4.56. The standard InChI is InChI=1S/C22H17N3O4/c1-13-3-10-20-18(11-13)24-22(29-20)15-4-7-17(8-5-15)23-21(26)16-6-9-19(25(27)28)14(2)12-16/h3-12H,1-2H3,(H,23,26). The van der Waals surface area contributed by atoms with Gasteiger partial charge in [0, 0.05) is 28.4 Å². The molecule has 7 heteroatoms. The average Bonchev–Trinajstić information content (AvgIpc) is 3.11. The highest BCUT2D eigenvalue weighted by molar-refractivity contribution is 6.04. The lowest BCUT2D eigenvalue weighted by molar-refractivity contribution is -0.385. The van der Waals surface area contributed by atoms with Crippen LogP contribution >= 0.6 is 0 Å². The zero-order valence-electron chi connectivity index (χ0n) is 15.8.